The summed E-state index contributed by atoms with van der Waals surface area (Å²) in [5, 5.41) is 9.37. The van der Waals surface area contributed by atoms with Gasteiger partial charge in [0.25, 0.3) is 0 Å². The molecule has 3 rings (SSSR count). The molecule has 0 aliphatic carbocycles. The second kappa shape index (κ2) is 5.94. The van der Waals surface area contributed by atoms with Crippen molar-refractivity contribution in [1.82, 2.24) is 14.5 Å². The lowest BCUT2D eigenvalue weighted by atomic mass is 9.97. The first-order chi connectivity index (χ1) is 11.8. The predicted molar refractivity (Wildman–Crippen MR) is 85.7 cm³/mol. The smallest absolute Gasteiger partial charge is 0.384 e. The minimum Gasteiger partial charge on any atom is -0.384 e. The van der Waals surface area contributed by atoms with Crippen molar-refractivity contribution in [2.24, 2.45) is 0 Å². The van der Waals surface area contributed by atoms with E-state index in [2.05, 4.69) is 9.97 Å². The van der Waals surface area contributed by atoms with Crippen molar-refractivity contribution in [2.45, 2.75) is 13.1 Å². The number of aromatic nitrogens is 3. The Hall–Kier alpha value is -3.34. The van der Waals surface area contributed by atoms with Gasteiger partial charge in [0, 0.05) is 24.0 Å². The summed E-state index contributed by atoms with van der Waals surface area (Å²) in [6.07, 6.45) is -0.134. The monoisotopic (exact) mass is 343 g/mol. The van der Waals surface area contributed by atoms with Crippen molar-refractivity contribution in [1.29, 1.82) is 5.26 Å². The summed E-state index contributed by atoms with van der Waals surface area (Å²) < 4.78 is 40.6. The number of rotatable bonds is 2. The lowest BCUT2D eigenvalue weighted by Gasteiger charge is -2.11. The van der Waals surface area contributed by atoms with Crippen LogP contribution >= 0.6 is 0 Å². The SMILES string of the molecule is Cc1ccc(C(F)(F)F)cc1-c1cn(-c2cc(N)ncn2)cc1C#N. The molecule has 0 amide bonds. The average molecular weight is 343 g/mol. The number of nitriles is 1. The highest BCUT2D eigenvalue weighted by atomic mass is 19.4. The van der Waals surface area contributed by atoms with E-state index in [1.165, 1.54) is 29.2 Å². The van der Waals surface area contributed by atoms with Gasteiger partial charge in [-0.1, -0.05) is 6.07 Å². The third kappa shape index (κ3) is 3.17. The lowest BCUT2D eigenvalue weighted by Crippen LogP contribution is -2.05. The summed E-state index contributed by atoms with van der Waals surface area (Å²) in [4.78, 5) is 7.84. The van der Waals surface area contributed by atoms with Gasteiger partial charge in [-0.25, -0.2) is 9.97 Å². The molecular formula is C17H12F3N5. The van der Waals surface area contributed by atoms with E-state index >= 15 is 0 Å². The van der Waals surface area contributed by atoms with Gasteiger partial charge in [0.2, 0.25) is 0 Å². The molecule has 0 radical (unpaired) electrons. The van der Waals surface area contributed by atoms with Gasteiger partial charge in [-0.2, -0.15) is 18.4 Å². The number of benzene rings is 1. The van der Waals surface area contributed by atoms with Gasteiger partial charge in [-0.3, -0.25) is 0 Å². The normalized spacial score (nSPS) is 11.3. The first-order valence-electron chi connectivity index (χ1n) is 7.18. The summed E-state index contributed by atoms with van der Waals surface area (Å²) >= 11 is 0. The van der Waals surface area contributed by atoms with Crippen LogP contribution in [0.1, 0.15) is 16.7 Å². The minimum atomic E-state index is -4.46. The Bertz CT molecular complexity index is 983. The van der Waals surface area contributed by atoms with Crippen LogP contribution in [0.15, 0.2) is 43.0 Å². The van der Waals surface area contributed by atoms with E-state index in [9.17, 15) is 18.4 Å². The largest absolute Gasteiger partial charge is 0.416 e. The van der Waals surface area contributed by atoms with Gasteiger partial charge >= 0.3 is 6.18 Å². The third-order valence-electron chi connectivity index (χ3n) is 3.74. The number of nitrogens with zero attached hydrogens (tertiary/aromatic N) is 4. The van der Waals surface area contributed by atoms with Crippen LogP contribution in [0, 0.1) is 18.3 Å². The zero-order valence-electron chi connectivity index (χ0n) is 13.0. The number of nitrogens with two attached hydrogens (primary N) is 1. The quantitative estimate of drug-likeness (QED) is 0.769. The Morgan fingerprint density at radius 3 is 2.52 bits per heavy atom. The highest BCUT2D eigenvalue weighted by Gasteiger charge is 2.31. The summed E-state index contributed by atoms with van der Waals surface area (Å²) in [6, 6.07) is 6.97. The molecule has 0 spiro atoms. The van der Waals surface area contributed by atoms with E-state index in [4.69, 9.17) is 5.73 Å². The van der Waals surface area contributed by atoms with Crippen molar-refractivity contribution >= 4 is 5.82 Å². The molecular weight excluding hydrogens is 331 g/mol. The van der Waals surface area contributed by atoms with Crippen LogP contribution in [0.4, 0.5) is 19.0 Å². The number of anilines is 1. The fourth-order valence-electron chi connectivity index (χ4n) is 2.48. The number of hydrogen-bond donors (Lipinski definition) is 1. The zero-order chi connectivity index (χ0) is 18.2. The first-order valence-corrected chi connectivity index (χ1v) is 7.18. The molecule has 0 aliphatic rings. The lowest BCUT2D eigenvalue weighted by molar-refractivity contribution is -0.137. The molecule has 0 bridgehead atoms. The molecule has 0 aliphatic heterocycles. The Labute approximate surface area is 141 Å². The van der Waals surface area contributed by atoms with Gasteiger partial charge in [-0.15, -0.1) is 0 Å². The zero-order valence-corrected chi connectivity index (χ0v) is 13.0. The Morgan fingerprint density at radius 1 is 1.12 bits per heavy atom. The van der Waals surface area contributed by atoms with Crippen molar-refractivity contribution < 1.29 is 13.2 Å². The maximum absolute atomic E-state index is 13.0. The average Bonchev–Trinajstić information content (AvgIpc) is 2.98. The maximum Gasteiger partial charge on any atom is 0.416 e. The Balaban J connectivity index is 2.17. The van der Waals surface area contributed by atoms with Crippen LogP contribution in [0.3, 0.4) is 0 Å². The standard InChI is InChI=1S/C17H12F3N5/c1-10-2-3-12(17(18,19)20)4-13(10)14-8-25(7-11(14)6-21)16-5-15(22)23-9-24-16/h2-5,7-9H,1H3,(H2,22,23,24). The van der Waals surface area contributed by atoms with E-state index in [1.54, 1.807) is 13.1 Å². The predicted octanol–water partition coefficient (Wildman–Crippen LogP) is 3.72. The molecule has 25 heavy (non-hydrogen) atoms. The van der Waals surface area contributed by atoms with E-state index < -0.39 is 11.7 Å². The van der Waals surface area contributed by atoms with Gasteiger partial charge < -0.3 is 10.3 Å². The summed E-state index contributed by atoms with van der Waals surface area (Å²) in [7, 11) is 0. The van der Waals surface area contributed by atoms with Gasteiger partial charge in [0.15, 0.2) is 0 Å². The molecule has 0 atom stereocenters. The number of aryl methyl sites for hydroxylation is 1. The minimum absolute atomic E-state index is 0.236. The molecule has 2 N–H and O–H groups in total. The van der Waals surface area contributed by atoms with E-state index in [0.717, 1.165) is 12.1 Å². The molecule has 2 aromatic heterocycles. The van der Waals surface area contributed by atoms with Gasteiger partial charge in [0.1, 0.15) is 24.0 Å². The molecule has 0 saturated heterocycles. The van der Waals surface area contributed by atoms with E-state index in [1.807, 2.05) is 6.07 Å². The van der Waals surface area contributed by atoms with Crippen LogP contribution in [0.5, 0.6) is 0 Å². The van der Waals surface area contributed by atoms with Crippen molar-refractivity contribution in [2.75, 3.05) is 5.73 Å². The summed E-state index contributed by atoms with van der Waals surface area (Å²) in [6.45, 7) is 1.69. The Morgan fingerprint density at radius 2 is 1.88 bits per heavy atom. The van der Waals surface area contributed by atoms with E-state index in [-0.39, 0.29) is 11.4 Å². The fourth-order valence-corrected chi connectivity index (χ4v) is 2.48. The second-order valence-corrected chi connectivity index (χ2v) is 5.43. The molecule has 0 fully saturated rings. The van der Waals surface area contributed by atoms with Crippen LogP contribution < -0.4 is 5.73 Å². The molecule has 8 heteroatoms. The van der Waals surface area contributed by atoms with Crippen LogP contribution in [-0.4, -0.2) is 14.5 Å². The molecule has 0 saturated carbocycles. The number of hydrogen-bond acceptors (Lipinski definition) is 4. The highest BCUT2D eigenvalue weighted by molar-refractivity contribution is 5.74. The number of halogens is 3. The van der Waals surface area contributed by atoms with Crippen LogP contribution in [-0.2, 0) is 6.18 Å². The molecule has 2 heterocycles. The van der Waals surface area contributed by atoms with E-state index in [0.29, 0.717) is 22.5 Å². The second-order valence-electron chi connectivity index (χ2n) is 5.43. The molecule has 1 aromatic carbocycles. The third-order valence-corrected chi connectivity index (χ3v) is 3.74. The van der Waals surface area contributed by atoms with Crippen LogP contribution in [0.25, 0.3) is 16.9 Å². The van der Waals surface area contributed by atoms with Crippen molar-refractivity contribution in [3.8, 4) is 23.0 Å². The molecule has 0 unspecified atom stereocenters. The molecule has 5 nitrogen and oxygen atoms in total. The van der Waals surface area contributed by atoms with Crippen molar-refractivity contribution in [3.05, 3.63) is 59.7 Å². The van der Waals surface area contributed by atoms with Gasteiger partial charge in [-0.05, 0) is 30.2 Å². The van der Waals surface area contributed by atoms with Crippen molar-refractivity contribution in [3.63, 3.8) is 0 Å². The van der Waals surface area contributed by atoms with Gasteiger partial charge in [0.05, 0.1) is 11.1 Å². The topological polar surface area (TPSA) is 80.5 Å². The number of alkyl halides is 3. The summed E-state index contributed by atoms with van der Waals surface area (Å²) in [5.41, 5.74) is 6.45. The first kappa shape index (κ1) is 16.5. The Kier molecular flexibility index (Phi) is 3.93. The summed E-state index contributed by atoms with van der Waals surface area (Å²) in [5.74, 6) is 0.661. The molecule has 126 valence electrons. The highest BCUT2D eigenvalue weighted by Crippen LogP contribution is 2.35. The fraction of sp³-hybridized carbons (Fsp3) is 0.118. The number of nitrogen functional groups attached to an aromatic ring is 1. The van der Waals surface area contributed by atoms with Crippen LogP contribution in [0.2, 0.25) is 0 Å². The maximum atomic E-state index is 13.0. The molecule has 3 aromatic rings.